The standard InChI is InChI=1S/C12H15N5O2/c1-8(18)9-2-4-10(5-3-9)16-12(19)13-6-11-14-7-15-17-11/h2-5,7-8,18H,6H2,1H3,(H2,13,16,19)(H,14,15,17). The summed E-state index contributed by atoms with van der Waals surface area (Å²) in [5.41, 5.74) is 1.45. The molecule has 0 saturated heterocycles. The van der Waals surface area contributed by atoms with E-state index in [1.165, 1.54) is 6.33 Å². The highest BCUT2D eigenvalue weighted by Crippen LogP contribution is 2.15. The van der Waals surface area contributed by atoms with E-state index in [1.54, 1.807) is 31.2 Å². The number of amides is 2. The minimum absolute atomic E-state index is 0.275. The number of aromatic amines is 1. The number of aliphatic hydroxyl groups excluding tert-OH is 1. The van der Waals surface area contributed by atoms with E-state index in [4.69, 9.17) is 0 Å². The number of anilines is 1. The predicted octanol–water partition coefficient (Wildman–Crippen LogP) is 1.18. The van der Waals surface area contributed by atoms with Crippen molar-refractivity contribution in [3.63, 3.8) is 0 Å². The van der Waals surface area contributed by atoms with Crippen LogP contribution in [0, 0.1) is 0 Å². The molecule has 0 spiro atoms. The maximum atomic E-state index is 11.6. The number of urea groups is 1. The zero-order valence-electron chi connectivity index (χ0n) is 10.4. The number of aliphatic hydroxyl groups is 1. The average Bonchev–Trinajstić information content (AvgIpc) is 2.90. The Morgan fingerprint density at radius 2 is 2.16 bits per heavy atom. The molecule has 1 heterocycles. The molecule has 100 valence electrons. The Morgan fingerprint density at radius 1 is 1.42 bits per heavy atom. The Labute approximate surface area is 110 Å². The van der Waals surface area contributed by atoms with Crippen molar-refractivity contribution >= 4 is 11.7 Å². The number of hydrogen-bond donors (Lipinski definition) is 4. The van der Waals surface area contributed by atoms with Gasteiger partial charge in [-0.2, -0.15) is 5.10 Å². The van der Waals surface area contributed by atoms with E-state index < -0.39 is 6.10 Å². The van der Waals surface area contributed by atoms with Crippen LogP contribution in [0.3, 0.4) is 0 Å². The SMILES string of the molecule is CC(O)c1ccc(NC(=O)NCc2ncn[nH]2)cc1. The van der Waals surface area contributed by atoms with Crippen molar-refractivity contribution in [2.45, 2.75) is 19.6 Å². The fourth-order valence-electron chi connectivity index (χ4n) is 1.50. The number of benzene rings is 1. The first kappa shape index (κ1) is 13.0. The Balaban J connectivity index is 1.84. The number of aromatic nitrogens is 3. The number of nitrogens with one attached hydrogen (secondary N) is 3. The summed E-state index contributed by atoms with van der Waals surface area (Å²) in [7, 11) is 0. The quantitative estimate of drug-likeness (QED) is 0.663. The van der Waals surface area contributed by atoms with Gasteiger partial charge >= 0.3 is 6.03 Å². The fraction of sp³-hybridized carbons (Fsp3) is 0.250. The third-order valence-corrected chi connectivity index (χ3v) is 2.53. The normalized spacial score (nSPS) is 11.9. The molecule has 0 fully saturated rings. The Hall–Kier alpha value is -2.41. The molecule has 1 atom stereocenters. The number of carbonyl (C=O) groups is 1. The molecule has 0 saturated carbocycles. The van der Waals surface area contributed by atoms with Crippen LogP contribution in [0.5, 0.6) is 0 Å². The smallest absolute Gasteiger partial charge is 0.319 e. The lowest BCUT2D eigenvalue weighted by Gasteiger charge is -2.08. The van der Waals surface area contributed by atoms with Crippen molar-refractivity contribution in [2.75, 3.05) is 5.32 Å². The second-order valence-corrected chi connectivity index (χ2v) is 4.04. The van der Waals surface area contributed by atoms with E-state index in [1.807, 2.05) is 0 Å². The van der Waals surface area contributed by atoms with Crippen molar-refractivity contribution < 1.29 is 9.90 Å². The van der Waals surface area contributed by atoms with Crippen LogP contribution < -0.4 is 10.6 Å². The molecule has 2 amide bonds. The summed E-state index contributed by atoms with van der Waals surface area (Å²) in [6.45, 7) is 1.96. The molecular formula is C12H15N5O2. The summed E-state index contributed by atoms with van der Waals surface area (Å²) in [4.78, 5) is 15.5. The fourth-order valence-corrected chi connectivity index (χ4v) is 1.50. The van der Waals surface area contributed by atoms with Crippen molar-refractivity contribution in [3.8, 4) is 0 Å². The van der Waals surface area contributed by atoms with Gasteiger partial charge in [0.05, 0.1) is 12.6 Å². The first-order valence-electron chi connectivity index (χ1n) is 5.82. The molecule has 19 heavy (non-hydrogen) atoms. The monoisotopic (exact) mass is 261 g/mol. The van der Waals surface area contributed by atoms with Gasteiger partial charge < -0.3 is 15.7 Å². The third kappa shape index (κ3) is 3.78. The first-order chi connectivity index (χ1) is 9.15. The van der Waals surface area contributed by atoms with E-state index in [9.17, 15) is 9.90 Å². The van der Waals surface area contributed by atoms with Crippen LogP contribution >= 0.6 is 0 Å². The Bertz CT molecular complexity index is 522. The van der Waals surface area contributed by atoms with Gasteiger partial charge in [-0.25, -0.2) is 9.78 Å². The topological polar surface area (TPSA) is 103 Å². The Morgan fingerprint density at radius 3 is 2.74 bits per heavy atom. The molecule has 2 aromatic rings. The molecule has 0 bridgehead atoms. The first-order valence-corrected chi connectivity index (χ1v) is 5.82. The highest BCUT2D eigenvalue weighted by Gasteiger charge is 2.04. The summed E-state index contributed by atoms with van der Waals surface area (Å²) < 4.78 is 0. The van der Waals surface area contributed by atoms with Gasteiger partial charge in [0.25, 0.3) is 0 Å². The van der Waals surface area contributed by atoms with Crippen LogP contribution in [-0.2, 0) is 6.54 Å². The average molecular weight is 261 g/mol. The van der Waals surface area contributed by atoms with Crippen LogP contribution in [0.25, 0.3) is 0 Å². The van der Waals surface area contributed by atoms with Gasteiger partial charge in [-0.3, -0.25) is 5.10 Å². The van der Waals surface area contributed by atoms with Crippen LogP contribution in [0.4, 0.5) is 10.5 Å². The van der Waals surface area contributed by atoms with E-state index >= 15 is 0 Å². The number of H-pyrrole nitrogens is 1. The van der Waals surface area contributed by atoms with Crippen LogP contribution in [0.1, 0.15) is 24.4 Å². The zero-order valence-corrected chi connectivity index (χ0v) is 10.4. The minimum atomic E-state index is -0.519. The van der Waals surface area contributed by atoms with Gasteiger partial charge in [0, 0.05) is 5.69 Å². The van der Waals surface area contributed by atoms with Gasteiger partial charge in [0.1, 0.15) is 12.2 Å². The number of carbonyl (C=O) groups excluding carboxylic acids is 1. The number of nitrogens with zero attached hydrogens (tertiary/aromatic N) is 2. The molecular weight excluding hydrogens is 246 g/mol. The molecule has 1 aromatic heterocycles. The van der Waals surface area contributed by atoms with Crippen LogP contribution in [-0.4, -0.2) is 26.3 Å². The minimum Gasteiger partial charge on any atom is -0.389 e. The molecule has 1 aromatic carbocycles. The second-order valence-electron chi connectivity index (χ2n) is 4.04. The molecule has 0 radical (unpaired) electrons. The third-order valence-electron chi connectivity index (χ3n) is 2.53. The van der Waals surface area contributed by atoms with Gasteiger partial charge in [-0.15, -0.1) is 0 Å². The van der Waals surface area contributed by atoms with Crippen molar-refractivity contribution in [1.82, 2.24) is 20.5 Å². The molecule has 0 aliphatic carbocycles. The van der Waals surface area contributed by atoms with Crippen molar-refractivity contribution in [2.24, 2.45) is 0 Å². The van der Waals surface area contributed by atoms with Crippen LogP contribution in [0.2, 0.25) is 0 Å². The predicted molar refractivity (Wildman–Crippen MR) is 69.3 cm³/mol. The van der Waals surface area contributed by atoms with Crippen LogP contribution in [0.15, 0.2) is 30.6 Å². The maximum Gasteiger partial charge on any atom is 0.319 e. The van der Waals surface area contributed by atoms with Gasteiger partial charge in [-0.1, -0.05) is 12.1 Å². The largest absolute Gasteiger partial charge is 0.389 e. The van der Waals surface area contributed by atoms with Gasteiger partial charge in [-0.05, 0) is 24.6 Å². The highest BCUT2D eigenvalue weighted by atomic mass is 16.3. The Kier molecular flexibility index (Phi) is 4.09. The summed E-state index contributed by atoms with van der Waals surface area (Å²) in [6, 6.07) is 6.65. The maximum absolute atomic E-state index is 11.6. The van der Waals surface area contributed by atoms with Gasteiger partial charge in [0.2, 0.25) is 0 Å². The lowest BCUT2D eigenvalue weighted by Crippen LogP contribution is -2.28. The number of hydrogen-bond acceptors (Lipinski definition) is 4. The van der Waals surface area contributed by atoms with E-state index in [-0.39, 0.29) is 12.6 Å². The molecule has 7 heteroatoms. The second kappa shape index (κ2) is 5.96. The molecule has 1 unspecified atom stereocenters. The summed E-state index contributed by atoms with van der Waals surface area (Å²) in [5, 5.41) is 21.0. The molecule has 7 nitrogen and oxygen atoms in total. The van der Waals surface area contributed by atoms with E-state index in [0.29, 0.717) is 11.5 Å². The lowest BCUT2D eigenvalue weighted by molar-refractivity contribution is 0.199. The molecule has 0 aliphatic rings. The zero-order chi connectivity index (χ0) is 13.7. The summed E-state index contributed by atoms with van der Waals surface area (Å²) >= 11 is 0. The summed E-state index contributed by atoms with van der Waals surface area (Å²) in [5.74, 6) is 0.583. The van der Waals surface area contributed by atoms with Crippen molar-refractivity contribution in [3.05, 3.63) is 42.0 Å². The van der Waals surface area contributed by atoms with Crippen molar-refractivity contribution in [1.29, 1.82) is 0 Å². The van der Waals surface area contributed by atoms with E-state index in [0.717, 1.165) is 5.56 Å². The molecule has 2 rings (SSSR count). The molecule has 0 aliphatic heterocycles. The van der Waals surface area contributed by atoms with E-state index in [2.05, 4.69) is 25.8 Å². The summed E-state index contributed by atoms with van der Waals surface area (Å²) in [6.07, 6.45) is 0.860. The van der Waals surface area contributed by atoms with Gasteiger partial charge in [0.15, 0.2) is 0 Å². The number of rotatable bonds is 4. The molecule has 4 N–H and O–H groups in total. The highest BCUT2D eigenvalue weighted by molar-refractivity contribution is 5.89. The lowest BCUT2D eigenvalue weighted by atomic mass is 10.1.